The summed E-state index contributed by atoms with van der Waals surface area (Å²) < 4.78 is 0. The molecule has 0 aromatic heterocycles. The van der Waals surface area contributed by atoms with E-state index in [4.69, 9.17) is 5.14 Å². The number of hydrogen-bond donors (Lipinski definition) is 1. The summed E-state index contributed by atoms with van der Waals surface area (Å²) in [5.41, 5.74) is 0. The van der Waals surface area contributed by atoms with Gasteiger partial charge < -0.3 is 0 Å². The van der Waals surface area contributed by atoms with Gasteiger partial charge in [-0.3, -0.25) is 0 Å². The highest BCUT2D eigenvalue weighted by atomic mass is 32.2. The highest BCUT2D eigenvalue weighted by Gasteiger charge is 2.18. The summed E-state index contributed by atoms with van der Waals surface area (Å²) in [6, 6.07) is 0. The minimum absolute atomic E-state index is 0.327. The fourth-order valence-electron chi connectivity index (χ4n) is 0.677. The summed E-state index contributed by atoms with van der Waals surface area (Å²) in [6.07, 6.45) is 2.75. The van der Waals surface area contributed by atoms with Gasteiger partial charge in [-0.25, -0.2) is 0 Å². The van der Waals surface area contributed by atoms with Gasteiger partial charge in [-0.1, -0.05) is 0 Å². The first-order valence-electron chi connectivity index (χ1n) is 2.31. The topological polar surface area (TPSA) is 26.0 Å². The predicted octanol–water partition coefficient (Wildman–Crippen LogP) is 0.272. The fraction of sp³-hybridized carbons (Fsp3) is 1.00. The molecule has 0 amide bonds. The molecule has 36 valence electrons. The second kappa shape index (κ2) is 1.85. The Morgan fingerprint density at radius 1 is 1.17 bits per heavy atom. The molecule has 0 spiro atoms. The molecule has 1 fully saturated rings. The highest BCUT2D eigenvalue weighted by Crippen LogP contribution is 2.06. The summed E-state index contributed by atoms with van der Waals surface area (Å²) in [5, 5.41) is 5.56. The van der Waals surface area contributed by atoms with E-state index in [1.807, 2.05) is 0 Å². The second-order valence-corrected chi connectivity index (χ2v) is 3.54. The van der Waals surface area contributed by atoms with Gasteiger partial charge in [0.25, 0.3) is 0 Å². The van der Waals surface area contributed by atoms with Crippen molar-refractivity contribution < 1.29 is 0 Å². The number of hydrogen-bond acceptors (Lipinski definition) is 1. The fourth-order valence-corrected chi connectivity index (χ4v) is 2.03. The molecule has 1 saturated heterocycles. The lowest BCUT2D eigenvalue weighted by atomic mass is 10.4. The molecule has 0 aliphatic carbocycles. The van der Waals surface area contributed by atoms with E-state index in [1.54, 1.807) is 0 Å². The first-order valence-corrected chi connectivity index (χ1v) is 3.94. The highest BCUT2D eigenvalue weighted by molar-refractivity contribution is 7.94. The molecule has 0 radical (unpaired) electrons. The monoisotopic (exact) mass is 104 g/mol. The van der Waals surface area contributed by atoms with Crippen molar-refractivity contribution in [2.75, 3.05) is 11.5 Å². The third kappa shape index (κ3) is 0.884. The summed E-state index contributed by atoms with van der Waals surface area (Å²) in [5.74, 6) is 2.58. The van der Waals surface area contributed by atoms with Crippen molar-refractivity contribution in [2.24, 2.45) is 5.14 Å². The van der Waals surface area contributed by atoms with Crippen molar-refractivity contribution in [2.45, 2.75) is 12.8 Å². The van der Waals surface area contributed by atoms with Crippen molar-refractivity contribution in [1.29, 1.82) is 0 Å². The smallest absolute Gasteiger partial charge is 0.127 e. The molecule has 0 atom stereocenters. The van der Waals surface area contributed by atoms with E-state index in [0.29, 0.717) is 11.1 Å². The number of rotatable bonds is 0. The quantitative estimate of drug-likeness (QED) is 0.439. The van der Waals surface area contributed by atoms with E-state index in [0.717, 1.165) is 0 Å². The van der Waals surface area contributed by atoms with Crippen LogP contribution in [0.25, 0.3) is 0 Å². The van der Waals surface area contributed by atoms with Gasteiger partial charge >= 0.3 is 0 Å². The average molecular weight is 104 g/mol. The lowest BCUT2D eigenvalue weighted by Crippen LogP contribution is -2.13. The molecule has 0 aromatic rings. The van der Waals surface area contributed by atoms with Gasteiger partial charge in [-0.2, -0.15) is 5.14 Å². The minimum atomic E-state index is 0.327. The maximum atomic E-state index is 5.56. The Kier molecular flexibility index (Phi) is 1.37. The zero-order chi connectivity index (χ0) is 4.41. The van der Waals surface area contributed by atoms with Crippen molar-refractivity contribution >= 4 is 11.1 Å². The van der Waals surface area contributed by atoms with Crippen LogP contribution in [0.3, 0.4) is 0 Å². The van der Waals surface area contributed by atoms with E-state index < -0.39 is 0 Å². The Bertz CT molecular complexity index is 40.8. The van der Waals surface area contributed by atoms with Gasteiger partial charge in [0.05, 0.1) is 11.1 Å². The van der Waals surface area contributed by atoms with E-state index in [1.165, 1.54) is 24.3 Å². The van der Waals surface area contributed by atoms with Gasteiger partial charge in [-0.15, -0.1) is 0 Å². The lowest BCUT2D eigenvalue weighted by molar-refractivity contribution is 0.949. The first-order chi connectivity index (χ1) is 2.89. The molecule has 1 rings (SSSR count). The van der Waals surface area contributed by atoms with Crippen LogP contribution < -0.4 is 5.14 Å². The molecule has 1 heterocycles. The van der Waals surface area contributed by atoms with Crippen LogP contribution in [-0.4, -0.2) is 11.5 Å². The Morgan fingerprint density at radius 3 is 1.83 bits per heavy atom. The molecular formula is C4H10NS+. The molecule has 1 nitrogen and oxygen atoms in total. The first kappa shape index (κ1) is 4.47. The maximum Gasteiger partial charge on any atom is 0.127 e. The Morgan fingerprint density at radius 2 is 1.67 bits per heavy atom. The zero-order valence-corrected chi connectivity index (χ0v) is 4.63. The average Bonchev–Trinajstić information content (AvgIpc) is 1.86. The van der Waals surface area contributed by atoms with Crippen LogP contribution in [0.2, 0.25) is 0 Å². The SMILES string of the molecule is N[S+]1CCCC1. The van der Waals surface area contributed by atoms with Crippen LogP contribution in [-0.2, 0) is 11.1 Å². The molecule has 6 heavy (non-hydrogen) atoms. The predicted molar refractivity (Wildman–Crippen MR) is 30.5 cm³/mol. The van der Waals surface area contributed by atoms with Crippen LogP contribution >= 0.6 is 0 Å². The Labute approximate surface area is 41.4 Å². The van der Waals surface area contributed by atoms with Crippen LogP contribution in [0.5, 0.6) is 0 Å². The molecule has 0 bridgehead atoms. The molecule has 0 unspecified atom stereocenters. The van der Waals surface area contributed by atoms with Crippen molar-refractivity contribution in [1.82, 2.24) is 0 Å². The van der Waals surface area contributed by atoms with E-state index in [-0.39, 0.29) is 0 Å². The van der Waals surface area contributed by atoms with Gasteiger partial charge in [-0.05, 0) is 12.8 Å². The maximum absolute atomic E-state index is 5.56. The molecular weight excluding hydrogens is 94.1 g/mol. The second-order valence-electron chi connectivity index (χ2n) is 1.65. The molecule has 1 aliphatic rings. The summed E-state index contributed by atoms with van der Waals surface area (Å²) >= 11 is 0.327. The van der Waals surface area contributed by atoms with Crippen molar-refractivity contribution in [3.8, 4) is 0 Å². The summed E-state index contributed by atoms with van der Waals surface area (Å²) in [7, 11) is 0. The van der Waals surface area contributed by atoms with Crippen LogP contribution in [0.15, 0.2) is 0 Å². The standard InChI is InChI=1S/C4H10NS/c5-6-3-1-2-4-6/h1-5H2/q+1. The van der Waals surface area contributed by atoms with E-state index >= 15 is 0 Å². The normalized spacial score (nSPS) is 25.5. The van der Waals surface area contributed by atoms with Crippen molar-refractivity contribution in [3.05, 3.63) is 0 Å². The largest absolute Gasteiger partial charge is 0.151 e. The molecule has 2 N–H and O–H groups in total. The van der Waals surface area contributed by atoms with Crippen LogP contribution in [0.4, 0.5) is 0 Å². The number of nitrogens with two attached hydrogens (primary N) is 1. The van der Waals surface area contributed by atoms with Crippen molar-refractivity contribution in [3.63, 3.8) is 0 Å². The van der Waals surface area contributed by atoms with Crippen LogP contribution in [0, 0.1) is 0 Å². The van der Waals surface area contributed by atoms with Gasteiger partial charge in [0.1, 0.15) is 11.5 Å². The molecule has 2 heteroatoms. The summed E-state index contributed by atoms with van der Waals surface area (Å²) in [4.78, 5) is 0. The third-order valence-electron chi connectivity index (χ3n) is 1.06. The minimum Gasteiger partial charge on any atom is -0.151 e. The van der Waals surface area contributed by atoms with Crippen LogP contribution in [0.1, 0.15) is 12.8 Å². The molecule has 0 aromatic carbocycles. The third-order valence-corrected chi connectivity index (χ3v) is 2.69. The lowest BCUT2D eigenvalue weighted by Gasteiger charge is -1.80. The van der Waals surface area contributed by atoms with Gasteiger partial charge in [0.2, 0.25) is 0 Å². The zero-order valence-electron chi connectivity index (χ0n) is 3.81. The summed E-state index contributed by atoms with van der Waals surface area (Å²) in [6.45, 7) is 0. The molecule has 0 saturated carbocycles. The Hall–Kier alpha value is 0.310. The molecule has 1 aliphatic heterocycles. The van der Waals surface area contributed by atoms with E-state index in [2.05, 4.69) is 0 Å². The van der Waals surface area contributed by atoms with E-state index in [9.17, 15) is 0 Å². The Balaban J connectivity index is 2.18. The van der Waals surface area contributed by atoms with Gasteiger partial charge in [0, 0.05) is 0 Å². The van der Waals surface area contributed by atoms with Gasteiger partial charge in [0.15, 0.2) is 0 Å².